The zero-order valence-electron chi connectivity index (χ0n) is 16.2. The molecule has 4 rings (SSSR count). The maximum Gasteiger partial charge on any atom is 0.122 e. The molecule has 3 aliphatic rings. The number of rotatable bonds is 4. The molecule has 1 N–H and O–H groups in total. The summed E-state index contributed by atoms with van der Waals surface area (Å²) < 4.78 is 11.7. The number of ether oxygens (including phenoxy) is 2. The van der Waals surface area contributed by atoms with Gasteiger partial charge in [0, 0.05) is 12.8 Å². The van der Waals surface area contributed by atoms with Crippen molar-refractivity contribution in [2.45, 2.75) is 57.3 Å². The average Bonchev–Trinajstić information content (AvgIpc) is 2.89. The molecule has 3 heteroatoms. The second-order valence-electron chi connectivity index (χ2n) is 7.79. The highest BCUT2D eigenvalue weighted by Gasteiger charge is 2.27. The lowest BCUT2D eigenvalue weighted by atomic mass is 9.94. The second kappa shape index (κ2) is 7.87. The molecule has 0 radical (unpaired) electrons. The lowest BCUT2D eigenvalue weighted by molar-refractivity contribution is -0.0895. The fourth-order valence-electron chi connectivity index (χ4n) is 4.31. The number of fused-ring (bicyclic) bond motifs is 1. The van der Waals surface area contributed by atoms with Gasteiger partial charge in [0.15, 0.2) is 0 Å². The van der Waals surface area contributed by atoms with E-state index in [9.17, 15) is 5.11 Å². The summed E-state index contributed by atoms with van der Waals surface area (Å²) in [7, 11) is 1.72. The van der Waals surface area contributed by atoms with Crippen LogP contribution < -0.4 is 4.74 Å². The summed E-state index contributed by atoms with van der Waals surface area (Å²) in [4.78, 5) is 0. The van der Waals surface area contributed by atoms with Gasteiger partial charge in [-0.25, -0.2) is 0 Å². The summed E-state index contributed by atoms with van der Waals surface area (Å²) in [5.41, 5.74) is 6.38. The summed E-state index contributed by atoms with van der Waals surface area (Å²) in [6.07, 6.45) is 15.4. The summed E-state index contributed by atoms with van der Waals surface area (Å²) in [6.45, 7) is 2.03. The average molecular weight is 364 g/mol. The Morgan fingerprint density at radius 1 is 1.22 bits per heavy atom. The number of methoxy groups -OCH3 is 1. The highest BCUT2D eigenvalue weighted by atomic mass is 16.5. The Balaban J connectivity index is 1.59. The minimum atomic E-state index is -0.293. The van der Waals surface area contributed by atoms with Crippen molar-refractivity contribution in [3.63, 3.8) is 0 Å². The first-order chi connectivity index (χ1) is 13.1. The fraction of sp³-hybridized carbons (Fsp3) is 0.417. The molecule has 1 aromatic rings. The third-order valence-electron chi connectivity index (χ3n) is 5.62. The Morgan fingerprint density at radius 3 is 2.93 bits per heavy atom. The van der Waals surface area contributed by atoms with Gasteiger partial charge in [-0.15, -0.1) is 0 Å². The van der Waals surface area contributed by atoms with E-state index >= 15 is 0 Å². The highest BCUT2D eigenvalue weighted by molar-refractivity contribution is 5.56. The predicted molar refractivity (Wildman–Crippen MR) is 108 cm³/mol. The molecule has 0 spiro atoms. The van der Waals surface area contributed by atoms with Crippen molar-refractivity contribution in [2.24, 2.45) is 0 Å². The normalized spacial score (nSPS) is 27.4. The van der Waals surface area contributed by atoms with Crippen molar-refractivity contribution in [3.05, 3.63) is 76.4 Å². The Bertz CT molecular complexity index is 818. The Kier molecular flexibility index (Phi) is 5.33. The topological polar surface area (TPSA) is 38.7 Å². The molecule has 1 aromatic carbocycles. The van der Waals surface area contributed by atoms with Gasteiger partial charge in [-0.2, -0.15) is 0 Å². The molecular weight excluding hydrogens is 336 g/mol. The molecule has 0 saturated carbocycles. The van der Waals surface area contributed by atoms with E-state index in [1.54, 1.807) is 7.11 Å². The number of aliphatic hydroxyl groups excluding tert-OH is 1. The highest BCUT2D eigenvalue weighted by Crippen LogP contribution is 2.36. The van der Waals surface area contributed by atoms with Crippen LogP contribution in [0.1, 0.15) is 49.8 Å². The zero-order valence-corrected chi connectivity index (χ0v) is 16.2. The molecule has 0 aromatic heterocycles. The fourth-order valence-corrected chi connectivity index (χ4v) is 4.31. The number of benzene rings is 1. The number of allylic oxidation sites excluding steroid dienone is 8. The van der Waals surface area contributed by atoms with Gasteiger partial charge in [0.25, 0.3) is 0 Å². The lowest BCUT2D eigenvalue weighted by Gasteiger charge is -2.32. The third-order valence-corrected chi connectivity index (χ3v) is 5.62. The number of hydrogen-bond donors (Lipinski definition) is 1. The van der Waals surface area contributed by atoms with Crippen LogP contribution in [0.3, 0.4) is 0 Å². The smallest absolute Gasteiger partial charge is 0.122 e. The van der Waals surface area contributed by atoms with Crippen LogP contribution in [-0.2, 0) is 11.2 Å². The maximum absolute atomic E-state index is 10.1. The van der Waals surface area contributed by atoms with Crippen LogP contribution in [0, 0.1) is 0 Å². The summed E-state index contributed by atoms with van der Waals surface area (Å²) >= 11 is 0. The standard InChI is InChI=1S/C24H28O3/c1-16-10-22(25)15-24(27-16)20-8-9-23(26-2)21(14-20)13-17-11-18-6-4-3-5-7-19(18)12-17/h3-4,6,8-9,11-12,14,16,22,24-25H,5,7,10,13,15H2,1-2H3. The van der Waals surface area contributed by atoms with Gasteiger partial charge in [-0.3, -0.25) is 0 Å². The van der Waals surface area contributed by atoms with Gasteiger partial charge in [-0.05, 0) is 66.2 Å². The van der Waals surface area contributed by atoms with E-state index in [-0.39, 0.29) is 18.3 Å². The molecule has 3 unspecified atom stereocenters. The molecule has 3 nitrogen and oxygen atoms in total. The first kappa shape index (κ1) is 18.3. The molecule has 2 aliphatic carbocycles. The molecule has 1 fully saturated rings. The minimum Gasteiger partial charge on any atom is -0.496 e. The van der Waals surface area contributed by atoms with Crippen LogP contribution in [0.4, 0.5) is 0 Å². The lowest BCUT2D eigenvalue weighted by Crippen LogP contribution is -2.29. The first-order valence-electron chi connectivity index (χ1n) is 9.91. The van der Waals surface area contributed by atoms with Crippen LogP contribution in [0.2, 0.25) is 0 Å². The molecule has 27 heavy (non-hydrogen) atoms. The number of aliphatic hydroxyl groups is 1. The second-order valence-corrected chi connectivity index (χ2v) is 7.79. The molecule has 142 valence electrons. The van der Waals surface area contributed by atoms with Crippen molar-refractivity contribution in [1.29, 1.82) is 0 Å². The summed E-state index contributed by atoms with van der Waals surface area (Å²) in [5, 5.41) is 10.1. The minimum absolute atomic E-state index is 0.0525. The van der Waals surface area contributed by atoms with Crippen LogP contribution in [0.5, 0.6) is 5.75 Å². The van der Waals surface area contributed by atoms with Crippen LogP contribution in [0.25, 0.3) is 0 Å². The van der Waals surface area contributed by atoms with Crippen LogP contribution in [-0.4, -0.2) is 24.4 Å². The molecule has 1 heterocycles. The molecule has 3 atom stereocenters. The summed E-state index contributed by atoms with van der Waals surface area (Å²) in [6, 6.07) is 6.29. The van der Waals surface area contributed by atoms with Crippen molar-refractivity contribution in [2.75, 3.05) is 7.11 Å². The summed E-state index contributed by atoms with van der Waals surface area (Å²) in [5.74, 6) is 0.906. The van der Waals surface area contributed by atoms with Gasteiger partial charge in [0.2, 0.25) is 0 Å². The van der Waals surface area contributed by atoms with Crippen molar-refractivity contribution >= 4 is 0 Å². The van der Waals surface area contributed by atoms with Gasteiger partial charge >= 0.3 is 0 Å². The third kappa shape index (κ3) is 4.10. The van der Waals surface area contributed by atoms with Crippen molar-refractivity contribution in [3.8, 4) is 5.75 Å². The Hall–Kier alpha value is -2.10. The zero-order chi connectivity index (χ0) is 18.8. The van der Waals surface area contributed by atoms with E-state index in [1.807, 2.05) is 13.0 Å². The van der Waals surface area contributed by atoms with E-state index < -0.39 is 0 Å². The molecule has 0 bridgehead atoms. The molecular formula is C24H28O3. The Morgan fingerprint density at radius 2 is 2.11 bits per heavy atom. The van der Waals surface area contributed by atoms with Gasteiger partial charge in [0.05, 0.1) is 25.4 Å². The van der Waals surface area contributed by atoms with E-state index in [0.29, 0.717) is 12.8 Å². The van der Waals surface area contributed by atoms with Crippen LogP contribution >= 0.6 is 0 Å². The maximum atomic E-state index is 10.1. The van der Waals surface area contributed by atoms with Gasteiger partial charge in [-0.1, -0.05) is 36.4 Å². The van der Waals surface area contributed by atoms with Gasteiger partial charge in [0.1, 0.15) is 5.75 Å². The number of hydrogen-bond acceptors (Lipinski definition) is 3. The first-order valence-corrected chi connectivity index (χ1v) is 9.91. The van der Waals surface area contributed by atoms with Crippen molar-refractivity contribution in [1.82, 2.24) is 0 Å². The quantitative estimate of drug-likeness (QED) is 0.819. The van der Waals surface area contributed by atoms with E-state index in [0.717, 1.165) is 30.6 Å². The van der Waals surface area contributed by atoms with E-state index in [2.05, 4.69) is 42.5 Å². The molecule has 1 aliphatic heterocycles. The monoisotopic (exact) mass is 364 g/mol. The molecule has 0 amide bonds. The molecule has 1 saturated heterocycles. The SMILES string of the molecule is COc1ccc(C2CC(O)CC(C)O2)cc1CC1=CC2=CC=CCCC2=C1. The van der Waals surface area contributed by atoms with Crippen molar-refractivity contribution < 1.29 is 14.6 Å². The predicted octanol–water partition coefficient (Wildman–Crippen LogP) is 4.98. The van der Waals surface area contributed by atoms with E-state index in [1.165, 1.54) is 22.3 Å². The Labute approximate surface area is 161 Å². The van der Waals surface area contributed by atoms with E-state index in [4.69, 9.17) is 9.47 Å². The largest absolute Gasteiger partial charge is 0.496 e. The van der Waals surface area contributed by atoms with Gasteiger partial charge < -0.3 is 14.6 Å². The van der Waals surface area contributed by atoms with Crippen LogP contribution in [0.15, 0.2) is 65.3 Å².